The van der Waals surface area contributed by atoms with Crippen LogP contribution in [0.25, 0.3) is 0 Å². The van der Waals surface area contributed by atoms with Gasteiger partial charge >= 0.3 is 0 Å². The molecule has 1 aromatic carbocycles. The van der Waals surface area contributed by atoms with Crippen LogP contribution in [0.4, 0.5) is 5.69 Å². The predicted molar refractivity (Wildman–Crippen MR) is 86.7 cm³/mol. The molecule has 1 atom stereocenters. The molecule has 6 nitrogen and oxygen atoms in total. The normalized spacial score (nSPS) is 15.2. The minimum atomic E-state index is -0.386. The molecule has 7 heteroatoms. The van der Waals surface area contributed by atoms with E-state index in [2.05, 4.69) is 15.5 Å². The minimum absolute atomic E-state index is 0.0398. The number of carbonyl (C=O) groups is 2. The fourth-order valence-corrected chi connectivity index (χ4v) is 2.72. The SMILES string of the molecule is CC(=O)c1cccc(NC(=O)[C@H](C)Sc2nnc(C3CC3)o2)c1. The Balaban J connectivity index is 1.60. The maximum atomic E-state index is 12.2. The van der Waals surface area contributed by atoms with Crippen molar-refractivity contribution in [3.8, 4) is 0 Å². The van der Waals surface area contributed by atoms with Gasteiger partial charge in [-0.25, -0.2) is 0 Å². The average molecular weight is 331 g/mol. The molecule has 3 rings (SSSR count). The predicted octanol–water partition coefficient (Wildman–Crippen LogP) is 3.27. The van der Waals surface area contributed by atoms with E-state index in [1.54, 1.807) is 31.2 Å². The molecule has 1 saturated carbocycles. The van der Waals surface area contributed by atoms with Crippen molar-refractivity contribution in [2.24, 2.45) is 0 Å². The molecule has 120 valence electrons. The molecule has 0 radical (unpaired) electrons. The van der Waals surface area contributed by atoms with Gasteiger partial charge in [0.15, 0.2) is 5.78 Å². The Kier molecular flexibility index (Phi) is 4.47. The second-order valence-corrected chi connectivity index (χ2v) is 6.86. The summed E-state index contributed by atoms with van der Waals surface area (Å²) in [5, 5.41) is 10.8. The van der Waals surface area contributed by atoms with E-state index >= 15 is 0 Å². The Bertz CT molecular complexity index is 740. The van der Waals surface area contributed by atoms with Crippen molar-refractivity contribution in [3.05, 3.63) is 35.7 Å². The van der Waals surface area contributed by atoms with E-state index in [-0.39, 0.29) is 16.9 Å². The molecule has 0 aliphatic heterocycles. The standard InChI is InChI=1S/C16H17N3O3S/c1-9(20)12-4-3-5-13(8-12)17-14(21)10(2)23-16-19-18-15(22-16)11-6-7-11/h3-5,8,10-11H,6-7H2,1-2H3,(H,17,21)/t10-/m0/s1. The first-order chi connectivity index (χ1) is 11.0. The lowest BCUT2D eigenvalue weighted by molar-refractivity contribution is -0.115. The summed E-state index contributed by atoms with van der Waals surface area (Å²) in [6.07, 6.45) is 2.18. The third-order valence-corrected chi connectivity index (χ3v) is 4.47. The Hall–Kier alpha value is -2.15. The highest BCUT2D eigenvalue weighted by Crippen LogP contribution is 2.40. The van der Waals surface area contributed by atoms with Crippen LogP contribution in [0.2, 0.25) is 0 Å². The molecule has 0 saturated heterocycles. The number of Topliss-reactive ketones (excluding diaryl/α,β-unsaturated/α-hetero) is 1. The van der Waals surface area contributed by atoms with Crippen LogP contribution >= 0.6 is 11.8 Å². The van der Waals surface area contributed by atoms with Crippen LogP contribution in [-0.4, -0.2) is 27.1 Å². The van der Waals surface area contributed by atoms with Crippen LogP contribution in [-0.2, 0) is 4.79 Å². The van der Waals surface area contributed by atoms with Crippen LogP contribution < -0.4 is 5.32 Å². The van der Waals surface area contributed by atoms with Crippen molar-refractivity contribution >= 4 is 29.1 Å². The number of amides is 1. The fourth-order valence-electron chi connectivity index (χ4n) is 2.03. The van der Waals surface area contributed by atoms with Crippen molar-refractivity contribution < 1.29 is 14.0 Å². The van der Waals surface area contributed by atoms with E-state index in [1.807, 2.05) is 0 Å². The molecule has 1 fully saturated rings. The highest BCUT2D eigenvalue weighted by atomic mass is 32.2. The second kappa shape index (κ2) is 6.54. The maximum Gasteiger partial charge on any atom is 0.277 e. The molecule has 1 aromatic heterocycles. The minimum Gasteiger partial charge on any atom is -0.416 e. The highest BCUT2D eigenvalue weighted by Gasteiger charge is 2.30. The van der Waals surface area contributed by atoms with Crippen LogP contribution in [0.1, 0.15) is 48.9 Å². The van der Waals surface area contributed by atoms with Gasteiger partial charge in [-0.05, 0) is 38.8 Å². The Morgan fingerprint density at radius 2 is 2.13 bits per heavy atom. The van der Waals surface area contributed by atoms with E-state index in [0.717, 1.165) is 12.8 Å². The number of hydrogen-bond donors (Lipinski definition) is 1. The highest BCUT2D eigenvalue weighted by molar-refractivity contribution is 8.00. The number of thioether (sulfide) groups is 1. The van der Waals surface area contributed by atoms with Crippen LogP contribution in [0, 0.1) is 0 Å². The van der Waals surface area contributed by atoms with Crippen LogP contribution in [0.15, 0.2) is 33.9 Å². The number of aromatic nitrogens is 2. The smallest absolute Gasteiger partial charge is 0.277 e. The number of carbonyl (C=O) groups excluding carboxylic acids is 2. The van der Waals surface area contributed by atoms with Crippen LogP contribution in [0.5, 0.6) is 0 Å². The molecule has 0 spiro atoms. The van der Waals surface area contributed by atoms with Gasteiger partial charge in [0.2, 0.25) is 11.8 Å². The molecule has 1 heterocycles. The Morgan fingerprint density at radius 1 is 1.35 bits per heavy atom. The summed E-state index contributed by atoms with van der Waals surface area (Å²) < 4.78 is 5.55. The molecule has 1 N–H and O–H groups in total. The number of ketones is 1. The summed E-state index contributed by atoms with van der Waals surface area (Å²) in [4.78, 5) is 23.6. The van der Waals surface area contributed by atoms with Gasteiger partial charge < -0.3 is 9.73 Å². The summed E-state index contributed by atoms with van der Waals surface area (Å²) in [7, 11) is 0. The zero-order chi connectivity index (χ0) is 16.4. The zero-order valence-corrected chi connectivity index (χ0v) is 13.7. The Morgan fingerprint density at radius 3 is 2.83 bits per heavy atom. The van der Waals surface area contributed by atoms with Crippen LogP contribution in [0.3, 0.4) is 0 Å². The number of benzene rings is 1. The summed E-state index contributed by atoms with van der Waals surface area (Å²) in [5.74, 6) is 0.841. The lowest BCUT2D eigenvalue weighted by Gasteiger charge is -2.10. The van der Waals surface area contributed by atoms with Gasteiger partial charge in [-0.2, -0.15) is 0 Å². The van der Waals surface area contributed by atoms with E-state index in [0.29, 0.717) is 28.3 Å². The van der Waals surface area contributed by atoms with Crippen molar-refractivity contribution in [2.75, 3.05) is 5.32 Å². The van der Waals surface area contributed by atoms with Gasteiger partial charge in [0.1, 0.15) is 0 Å². The number of anilines is 1. The molecule has 1 aliphatic carbocycles. The summed E-state index contributed by atoms with van der Waals surface area (Å²) in [5.41, 5.74) is 1.16. The molecule has 23 heavy (non-hydrogen) atoms. The third-order valence-electron chi connectivity index (χ3n) is 3.53. The lowest BCUT2D eigenvalue weighted by atomic mass is 10.1. The molecule has 0 bridgehead atoms. The van der Waals surface area contributed by atoms with Crippen molar-refractivity contribution in [3.63, 3.8) is 0 Å². The summed E-state index contributed by atoms with van der Waals surface area (Å²) in [6.45, 7) is 3.27. The van der Waals surface area contributed by atoms with Gasteiger partial charge in [-0.3, -0.25) is 9.59 Å². The average Bonchev–Trinajstić information content (AvgIpc) is 3.27. The van der Waals surface area contributed by atoms with Crippen molar-refractivity contribution in [2.45, 2.75) is 43.1 Å². The molecular formula is C16H17N3O3S. The summed E-state index contributed by atoms with van der Waals surface area (Å²) >= 11 is 1.23. The number of nitrogens with zero attached hydrogens (tertiary/aromatic N) is 2. The number of nitrogens with one attached hydrogen (secondary N) is 1. The van der Waals surface area contributed by atoms with Gasteiger partial charge in [-0.1, -0.05) is 23.9 Å². The van der Waals surface area contributed by atoms with E-state index < -0.39 is 0 Å². The first kappa shape index (κ1) is 15.7. The largest absolute Gasteiger partial charge is 0.416 e. The van der Waals surface area contributed by atoms with E-state index in [9.17, 15) is 9.59 Å². The third kappa shape index (κ3) is 3.98. The number of rotatable bonds is 6. The molecule has 0 unspecified atom stereocenters. The second-order valence-electron chi connectivity index (χ2n) is 5.57. The first-order valence-corrected chi connectivity index (χ1v) is 8.33. The fraction of sp³-hybridized carbons (Fsp3) is 0.375. The molecular weight excluding hydrogens is 314 g/mol. The lowest BCUT2D eigenvalue weighted by Crippen LogP contribution is -2.22. The summed E-state index contributed by atoms with van der Waals surface area (Å²) in [6, 6.07) is 6.87. The number of hydrogen-bond acceptors (Lipinski definition) is 6. The van der Waals surface area contributed by atoms with Crippen molar-refractivity contribution in [1.29, 1.82) is 0 Å². The maximum absolute atomic E-state index is 12.2. The quantitative estimate of drug-likeness (QED) is 0.646. The molecule has 1 amide bonds. The van der Waals surface area contributed by atoms with Gasteiger partial charge in [0.05, 0.1) is 5.25 Å². The first-order valence-electron chi connectivity index (χ1n) is 7.45. The van der Waals surface area contributed by atoms with E-state index in [4.69, 9.17) is 4.42 Å². The van der Waals surface area contributed by atoms with Crippen molar-refractivity contribution in [1.82, 2.24) is 10.2 Å². The zero-order valence-electron chi connectivity index (χ0n) is 12.9. The monoisotopic (exact) mass is 331 g/mol. The molecule has 2 aromatic rings. The Labute approximate surface area is 138 Å². The topological polar surface area (TPSA) is 85.1 Å². The van der Waals surface area contributed by atoms with E-state index in [1.165, 1.54) is 18.7 Å². The van der Waals surface area contributed by atoms with Gasteiger partial charge in [0.25, 0.3) is 5.22 Å². The molecule has 1 aliphatic rings. The van der Waals surface area contributed by atoms with Gasteiger partial charge in [-0.15, -0.1) is 10.2 Å². The van der Waals surface area contributed by atoms with Gasteiger partial charge in [0, 0.05) is 17.2 Å².